The first kappa shape index (κ1) is 14.6. The van der Waals surface area contributed by atoms with E-state index in [4.69, 9.17) is 4.74 Å². The normalized spacial score (nSPS) is 20.8. The number of ketones is 1. The summed E-state index contributed by atoms with van der Waals surface area (Å²) in [6, 6.07) is 9.34. The van der Waals surface area contributed by atoms with Gasteiger partial charge in [-0.2, -0.15) is 5.26 Å². The Morgan fingerprint density at radius 2 is 1.70 bits per heavy atom. The van der Waals surface area contributed by atoms with Crippen LogP contribution in [0.2, 0.25) is 0 Å². The monoisotopic (exact) mass is 271 g/mol. The Kier molecular flexibility index (Phi) is 3.37. The molecule has 0 N–H and O–H groups in total. The van der Waals surface area contributed by atoms with Gasteiger partial charge in [0.25, 0.3) is 0 Å². The van der Waals surface area contributed by atoms with Gasteiger partial charge in [0, 0.05) is 5.92 Å². The van der Waals surface area contributed by atoms with Gasteiger partial charge in [0.15, 0.2) is 5.78 Å². The highest BCUT2D eigenvalue weighted by Gasteiger charge is 2.68. The van der Waals surface area contributed by atoms with Gasteiger partial charge in [-0.25, -0.2) is 0 Å². The quantitative estimate of drug-likeness (QED) is 0.841. The van der Waals surface area contributed by atoms with Gasteiger partial charge in [-0.05, 0) is 28.5 Å². The van der Waals surface area contributed by atoms with Gasteiger partial charge in [-0.15, -0.1) is 0 Å². The van der Waals surface area contributed by atoms with Crippen molar-refractivity contribution >= 4 is 5.78 Å². The summed E-state index contributed by atoms with van der Waals surface area (Å²) in [7, 11) is 1.59. The number of nitriles is 1. The topological polar surface area (TPSA) is 50.1 Å². The number of hydrogen-bond acceptors (Lipinski definition) is 3. The molecule has 0 amide bonds. The van der Waals surface area contributed by atoms with E-state index in [1.165, 1.54) is 0 Å². The molecule has 1 aliphatic rings. The number of Topliss-reactive ketones (excluding diaryl/α,β-unsaturated/α-hetero) is 1. The molecule has 1 aromatic carbocycles. The molecular weight excluding hydrogens is 250 g/mol. The SMILES string of the molecule is COc1ccc(C(C#N)C(=O)C2C(C)(C)C2(C)C)cc1. The Labute approximate surface area is 120 Å². The van der Waals surface area contributed by atoms with E-state index in [1.807, 2.05) is 0 Å². The van der Waals surface area contributed by atoms with Crippen molar-refractivity contribution in [2.24, 2.45) is 16.7 Å². The second kappa shape index (κ2) is 4.63. The number of rotatable bonds is 4. The van der Waals surface area contributed by atoms with E-state index < -0.39 is 5.92 Å². The van der Waals surface area contributed by atoms with Crippen LogP contribution in [0.1, 0.15) is 39.2 Å². The fourth-order valence-corrected chi connectivity index (χ4v) is 3.17. The molecule has 1 aromatic rings. The Balaban J connectivity index is 2.26. The van der Waals surface area contributed by atoms with Crippen molar-refractivity contribution in [2.45, 2.75) is 33.6 Å². The number of methoxy groups -OCH3 is 1. The smallest absolute Gasteiger partial charge is 0.158 e. The van der Waals surface area contributed by atoms with Gasteiger partial charge >= 0.3 is 0 Å². The lowest BCUT2D eigenvalue weighted by molar-refractivity contribution is -0.121. The summed E-state index contributed by atoms with van der Waals surface area (Å²) in [5.74, 6) is 0.0198. The molecule has 0 radical (unpaired) electrons. The molecule has 0 aliphatic heterocycles. The van der Waals surface area contributed by atoms with Gasteiger partial charge in [-0.1, -0.05) is 39.8 Å². The second-order valence-electron chi connectivity index (χ2n) is 6.61. The molecule has 2 rings (SSSR count). The van der Waals surface area contributed by atoms with E-state index in [-0.39, 0.29) is 22.5 Å². The summed E-state index contributed by atoms with van der Waals surface area (Å²) < 4.78 is 5.10. The van der Waals surface area contributed by atoms with Crippen LogP contribution in [0.4, 0.5) is 0 Å². The lowest BCUT2D eigenvalue weighted by Gasteiger charge is -2.10. The largest absolute Gasteiger partial charge is 0.497 e. The number of carbonyl (C=O) groups excluding carboxylic acids is 1. The summed E-state index contributed by atoms with van der Waals surface area (Å²) in [5, 5.41) is 9.39. The Bertz CT molecular complexity index is 550. The second-order valence-corrected chi connectivity index (χ2v) is 6.61. The summed E-state index contributed by atoms with van der Waals surface area (Å²) in [5.41, 5.74) is 0.675. The molecule has 1 aliphatic carbocycles. The first-order valence-electron chi connectivity index (χ1n) is 6.84. The van der Waals surface area contributed by atoms with Crippen molar-refractivity contribution in [3.05, 3.63) is 29.8 Å². The zero-order valence-electron chi connectivity index (χ0n) is 12.7. The molecule has 1 fully saturated rings. The summed E-state index contributed by atoms with van der Waals surface area (Å²) in [6.07, 6.45) is 0. The van der Waals surface area contributed by atoms with E-state index in [2.05, 4.69) is 33.8 Å². The third-order valence-electron chi connectivity index (χ3n) is 5.17. The molecule has 0 aromatic heterocycles. The summed E-state index contributed by atoms with van der Waals surface area (Å²) >= 11 is 0. The zero-order valence-corrected chi connectivity index (χ0v) is 12.7. The molecule has 0 bridgehead atoms. The van der Waals surface area contributed by atoms with Crippen LogP contribution < -0.4 is 4.74 Å². The number of ether oxygens (including phenoxy) is 1. The number of benzene rings is 1. The molecule has 106 valence electrons. The van der Waals surface area contributed by atoms with Crippen LogP contribution in [0, 0.1) is 28.1 Å². The standard InChI is InChI=1S/C17H21NO2/c1-16(2)15(17(16,3)4)14(19)13(10-18)11-6-8-12(20-5)9-7-11/h6-9,13,15H,1-5H3. The molecule has 0 spiro atoms. The minimum Gasteiger partial charge on any atom is -0.497 e. The van der Waals surface area contributed by atoms with Crippen LogP contribution in [0.15, 0.2) is 24.3 Å². The molecule has 3 heteroatoms. The molecule has 1 unspecified atom stereocenters. The highest BCUT2D eigenvalue weighted by atomic mass is 16.5. The van der Waals surface area contributed by atoms with Gasteiger partial charge in [0.1, 0.15) is 11.7 Å². The minimum atomic E-state index is -0.688. The number of hydrogen-bond donors (Lipinski definition) is 0. The molecule has 1 saturated carbocycles. The number of carbonyl (C=O) groups is 1. The van der Waals surface area contributed by atoms with E-state index in [0.29, 0.717) is 0 Å². The Hall–Kier alpha value is -1.82. The maximum atomic E-state index is 12.7. The Morgan fingerprint density at radius 3 is 2.05 bits per heavy atom. The number of nitrogens with zero attached hydrogens (tertiary/aromatic N) is 1. The maximum absolute atomic E-state index is 12.7. The van der Waals surface area contributed by atoms with Crippen LogP contribution in [0.5, 0.6) is 5.75 Å². The van der Waals surface area contributed by atoms with Crippen LogP contribution in [0.3, 0.4) is 0 Å². The van der Waals surface area contributed by atoms with Crippen LogP contribution in [0.25, 0.3) is 0 Å². The summed E-state index contributed by atoms with van der Waals surface area (Å²) in [6.45, 7) is 8.38. The van der Waals surface area contributed by atoms with Crippen LogP contribution in [-0.2, 0) is 4.79 Å². The van der Waals surface area contributed by atoms with Crippen molar-refractivity contribution in [3.8, 4) is 11.8 Å². The van der Waals surface area contributed by atoms with Crippen LogP contribution in [-0.4, -0.2) is 12.9 Å². The highest BCUT2D eigenvalue weighted by molar-refractivity contribution is 5.94. The van der Waals surface area contributed by atoms with Crippen molar-refractivity contribution in [1.82, 2.24) is 0 Å². The van der Waals surface area contributed by atoms with Crippen molar-refractivity contribution < 1.29 is 9.53 Å². The average Bonchev–Trinajstić information content (AvgIpc) is 2.81. The lowest BCUT2D eigenvalue weighted by Crippen LogP contribution is -2.16. The van der Waals surface area contributed by atoms with E-state index in [9.17, 15) is 10.1 Å². The third-order valence-corrected chi connectivity index (χ3v) is 5.17. The summed E-state index contributed by atoms with van der Waals surface area (Å²) in [4.78, 5) is 12.7. The fraction of sp³-hybridized carbons (Fsp3) is 0.529. The molecule has 0 heterocycles. The van der Waals surface area contributed by atoms with Crippen molar-refractivity contribution in [3.63, 3.8) is 0 Å². The zero-order chi connectivity index (χ0) is 15.1. The third kappa shape index (κ3) is 2.00. The minimum absolute atomic E-state index is 0.0349. The first-order chi connectivity index (χ1) is 9.27. The van der Waals surface area contributed by atoms with Gasteiger partial charge in [0.2, 0.25) is 0 Å². The van der Waals surface area contributed by atoms with Crippen LogP contribution >= 0.6 is 0 Å². The van der Waals surface area contributed by atoms with E-state index >= 15 is 0 Å². The molecular formula is C17H21NO2. The Morgan fingerprint density at radius 1 is 1.20 bits per heavy atom. The van der Waals surface area contributed by atoms with Gasteiger partial charge in [-0.3, -0.25) is 4.79 Å². The molecule has 0 saturated heterocycles. The van der Waals surface area contributed by atoms with Gasteiger partial charge in [0.05, 0.1) is 13.2 Å². The molecule has 1 atom stereocenters. The average molecular weight is 271 g/mol. The fourth-order valence-electron chi connectivity index (χ4n) is 3.17. The molecule has 3 nitrogen and oxygen atoms in total. The van der Waals surface area contributed by atoms with Gasteiger partial charge < -0.3 is 4.74 Å². The lowest BCUT2D eigenvalue weighted by atomic mass is 9.90. The predicted octanol–water partition coefficient (Wildman–Crippen LogP) is 3.55. The highest BCUT2D eigenvalue weighted by Crippen LogP contribution is 2.69. The maximum Gasteiger partial charge on any atom is 0.158 e. The van der Waals surface area contributed by atoms with E-state index in [1.54, 1.807) is 31.4 Å². The predicted molar refractivity (Wildman–Crippen MR) is 77.4 cm³/mol. The van der Waals surface area contributed by atoms with Crippen molar-refractivity contribution in [1.29, 1.82) is 5.26 Å². The van der Waals surface area contributed by atoms with E-state index in [0.717, 1.165) is 11.3 Å². The van der Waals surface area contributed by atoms with Crippen molar-refractivity contribution in [2.75, 3.05) is 7.11 Å². The molecule has 20 heavy (non-hydrogen) atoms. The first-order valence-corrected chi connectivity index (χ1v) is 6.84.